The molecule has 3 aromatic rings. The van der Waals surface area contributed by atoms with E-state index in [0.29, 0.717) is 34.9 Å². The number of hydrogen-bond donors (Lipinski definition) is 1. The number of halogens is 1. The number of hydrogen-bond acceptors (Lipinski definition) is 5. The molecule has 1 aliphatic rings. The van der Waals surface area contributed by atoms with Crippen LogP contribution in [-0.4, -0.2) is 24.5 Å². The van der Waals surface area contributed by atoms with Crippen LogP contribution in [0.1, 0.15) is 23.6 Å². The summed E-state index contributed by atoms with van der Waals surface area (Å²) in [5.74, 6) is -1.15. The van der Waals surface area contributed by atoms with E-state index in [9.17, 15) is 18.8 Å². The third-order valence-corrected chi connectivity index (χ3v) is 5.28. The fourth-order valence-electron chi connectivity index (χ4n) is 3.60. The van der Waals surface area contributed by atoms with Crippen LogP contribution < -0.4 is 19.7 Å². The van der Waals surface area contributed by atoms with Crippen LogP contribution in [0.25, 0.3) is 6.08 Å². The number of carbonyl (C=O) groups is 3. The zero-order valence-electron chi connectivity index (χ0n) is 19.2. The normalized spacial score (nSPS) is 14.8. The monoisotopic (exact) mass is 474 g/mol. The van der Waals surface area contributed by atoms with Gasteiger partial charge in [-0.05, 0) is 61.4 Å². The van der Waals surface area contributed by atoms with Crippen molar-refractivity contribution in [3.63, 3.8) is 0 Å². The van der Waals surface area contributed by atoms with E-state index in [1.807, 2.05) is 13.0 Å². The first-order valence-corrected chi connectivity index (χ1v) is 11.0. The molecule has 1 aliphatic heterocycles. The van der Waals surface area contributed by atoms with Crippen molar-refractivity contribution in [2.75, 3.05) is 11.5 Å². The predicted molar refractivity (Wildman–Crippen MR) is 129 cm³/mol. The van der Waals surface area contributed by atoms with E-state index < -0.39 is 17.8 Å². The molecule has 0 bridgehead atoms. The number of anilines is 1. The van der Waals surface area contributed by atoms with E-state index in [1.54, 1.807) is 61.5 Å². The van der Waals surface area contributed by atoms with E-state index >= 15 is 0 Å². The van der Waals surface area contributed by atoms with Gasteiger partial charge in [0.25, 0.3) is 11.8 Å². The topological polar surface area (TPSA) is 84.9 Å². The summed E-state index contributed by atoms with van der Waals surface area (Å²) in [7, 11) is 0. The lowest BCUT2D eigenvalue weighted by atomic mass is 10.1. The third kappa shape index (κ3) is 5.22. The van der Waals surface area contributed by atoms with E-state index in [1.165, 1.54) is 12.1 Å². The van der Waals surface area contributed by atoms with Crippen molar-refractivity contribution < 1.29 is 28.2 Å². The van der Waals surface area contributed by atoms with Crippen LogP contribution in [0.3, 0.4) is 0 Å². The summed E-state index contributed by atoms with van der Waals surface area (Å²) < 4.78 is 25.3. The molecule has 8 heteroatoms. The fourth-order valence-corrected chi connectivity index (χ4v) is 3.60. The van der Waals surface area contributed by atoms with E-state index in [2.05, 4.69) is 5.32 Å². The second kappa shape index (κ2) is 10.2. The number of amides is 4. The number of barbiturate groups is 1. The molecule has 178 valence electrons. The van der Waals surface area contributed by atoms with Crippen LogP contribution >= 0.6 is 0 Å². The molecule has 4 amide bonds. The summed E-state index contributed by atoms with van der Waals surface area (Å²) in [4.78, 5) is 38.9. The van der Waals surface area contributed by atoms with Gasteiger partial charge in [-0.15, -0.1) is 0 Å². The van der Waals surface area contributed by atoms with Crippen molar-refractivity contribution >= 4 is 29.6 Å². The standard InChI is InChI=1S/C27H23FN2O5/c1-3-34-24-15-18(11-12-23(24)35-16-19-8-4-5-10-22(19)28)14-21-25(31)29-27(33)30(26(21)32)20-9-6-7-17(2)13-20/h4-15H,3,16H2,1-2H3,(H,29,31,33)/b21-14+. The number of rotatable bonds is 7. The van der Waals surface area contributed by atoms with Gasteiger partial charge in [-0.2, -0.15) is 0 Å². The van der Waals surface area contributed by atoms with Gasteiger partial charge in [-0.1, -0.05) is 36.4 Å². The van der Waals surface area contributed by atoms with Crippen molar-refractivity contribution in [3.05, 3.63) is 94.8 Å². The lowest BCUT2D eigenvalue weighted by molar-refractivity contribution is -0.122. The number of urea groups is 1. The number of aryl methyl sites for hydroxylation is 1. The van der Waals surface area contributed by atoms with Gasteiger partial charge in [-0.3, -0.25) is 14.9 Å². The molecule has 0 unspecified atom stereocenters. The fraction of sp³-hybridized carbons (Fsp3) is 0.148. The first-order valence-electron chi connectivity index (χ1n) is 11.0. The van der Waals surface area contributed by atoms with Gasteiger partial charge < -0.3 is 9.47 Å². The van der Waals surface area contributed by atoms with Gasteiger partial charge in [0.1, 0.15) is 18.0 Å². The smallest absolute Gasteiger partial charge is 0.335 e. The third-order valence-electron chi connectivity index (χ3n) is 5.28. The predicted octanol–water partition coefficient (Wildman–Crippen LogP) is 4.78. The minimum absolute atomic E-state index is 0.00163. The molecule has 1 N–H and O–H groups in total. The lowest BCUT2D eigenvalue weighted by Gasteiger charge is -2.26. The lowest BCUT2D eigenvalue weighted by Crippen LogP contribution is -2.54. The summed E-state index contributed by atoms with van der Waals surface area (Å²) in [5, 5.41) is 2.21. The van der Waals surface area contributed by atoms with Gasteiger partial charge in [0.2, 0.25) is 0 Å². The van der Waals surface area contributed by atoms with Crippen molar-refractivity contribution in [1.82, 2.24) is 5.32 Å². The molecule has 0 aromatic heterocycles. The highest BCUT2D eigenvalue weighted by atomic mass is 19.1. The Kier molecular flexibility index (Phi) is 6.91. The van der Waals surface area contributed by atoms with Gasteiger partial charge in [-0.25, -0.2) is 14.1 Å². The molecule has 1 saturated heterocycles. The van der Waals surface area contributed by atoms with Crippen LogP contribution in [0, 0.1) is 12.7 Å². The number of benzene rings is 3. The molecule has 1 heterocycles. The summed E-state index contributed by atoms with van der Waals surface area (Å²) in [6.45, 7) is 3.98. The average Bonchev–Trinajstić information content (AvgIpc) is 2.82. The van der Waals surface area contributed by atoms with Crippen LogP contribution in [0.2, 0.25) is 0 Å². The number of nitrogens with one attached hydrogen (secondary N) is 1. The molecule has 7 nitrogen and oxygen atoms in total. The number of nitrogens with zero attached hydrogens (tertiary/aromatic N) is 1. The summed E-state index contributed by atoms with van der Waals surface area (Å²) in [6.07, 6.45) is 1.38. The molecular weight excluding hydrogens is 451 g/mol. The SMILES string of the molecule is CCOc1cc(/C=C2\C(=O)NC(=O)N(c3cccc(C)c3)C2=O)ccc1OCc1ccccc1F. The second-order valence-electron chi connectivity index (χ2n) is 7.82. The molecule has 0 atom stereocenters. The molecule has 0 saturated carbocycles. The Morgan fingerprint density at radius 1 is 0.943 bits per heavy atom. The molecule has 1 fully saturated rings. The maximum atomic E-state index is 13.9. The van der Waals surface area contributed by atoms with Gasteiger partial charge in [0, 0.05) is 5.56 Å². The number of imide groups is 2. The zero-order valence-corrected chi connectivity index (χ0v) is 19.2. The Balaban J connectivity index is 1.62. The zero-order chi connectivity index (χ0) is 24.9. The van der Waals surface area contributed by atoms with Crippen molar-refractivity contribution in [1.29, 1.82) is 0 Å². The highest BCUT2D eigenvalue weighted by Gasteiger charge is 2.36. The maximum absolute atomic E-state index is 13.9. The molecular formula is C27H23FN2O5. The molecule has 0 spiro atoms. The Morgan fingerprint density at radius 3 is 2.49 bits per heavy atom. The minimum atomic E-state index is -0.811. The largest absolute Gasteiger partial charge is 0.490 e. The number of ether oxygens (including phenoxy) is 2. The molecule has 0 radical (unpaired) electrons. The Labute approximate surface area is 201 Å². The highest BCUT2D eigenvalue weighted by molar-refractivity contribution is 6.39. The Bertz CT molecular complexity index is 1330. The van der Waals surface area contributed by atoms with E-state index in [4.69, 9.17) is 9.47 Å². The Morgan fingerprint density at radius 2 is 1.74 bits per heavy atom. The summed E-state index contributed by atoms with van der Waals surface area (Å²) in [5.41, 5.74) is 1.90. The van der Waals surface area contributed by atoms with E-state index in [-0.39, 0.29) is 18.0 Å². The van der Waals surface area contributed by atoms with Crippen LogP contribution in [-0.2, 0) is 16.2 Å². The minimum Gasteiger partial charge on any atom is -0.490 e. The van der Waals surface area contributed by atoms with Crippen LogP contribution in [0.5, 0.6) is 11.5 Å². The summed E-state index contributed by atoms with van der Waals surface area (Å²) >= 11 is 0. The van der Waals surface area contributed by atoms with Crippen LogP contribution in [0.4, 0.5) is 14.9 Å². The second-order valence-corrected chi connectivity index (χ2v) is 7.82. The maximum Gasteiger partial charge on any atom is 0.335 e. The molecule has 0 aliphatic carbocycles. The van der Waals surface area contributed by atoms with Crippen molar-refractivity contribution in [2.24, 2.45) is 0 Å². The molecule has 35 heavy (non-hydrogen) atoms. The summed E-state index contributed by atoms with van der Waals surface area (Å²) in [6, 6.07) is 17.2. The van der Waals surface area contributed by atoms with Gasteiger partial charge >= 0.3 is 6.03 Å². The molecule has 4 rings (SSSR count). The molecule has 3 aromatic carbocycles. The van der Waals surface area contributed by atoms with E-state index in [0.717, 1.165) is 10.5 Å². The highest BCUT2D eigenvalue weighted by Crippen LogP contribution is 2.31. The van der Waals surface area contributed by atoms with Crippen LogP contribution in [0.15, 0.2) is 72.3 Å². The quantitative estimate of drug-likeness (QED) is 0.394. The Hall–Kier alpha value is -4.46. The van der Waals surface area contributed by atoms with Gasteiger partial charge in [0.05, 0.1) is 12.3 Å². The van der Waals surface area contributed by atoms with Gasteiger partial charge in [0.15, 0.2) is 11.5 Å². The van der Waals surface area contributed by atoms with Crippen molar-refractivity contribution in [3.8, 4) is 11.5 Å². The first kappa shape index (κ1) is 23.7. The van der Waals surface area contributed by atoms with Crippen molar-refractivity contribution in [2.45, 2.75) is 20.5 Å². The first-order chi connectivity index (χ1) is 16.9. The number of carbonyl (C=O) groups excluding carboxylic acids is 3. The average molecular weight is 474 g/mol.